The van der Waals surface area contributed by atoms with E-state index in [0.29, 0.717) is 75.5 Å². The smallest absolute Gasteiger partial charge is 0.272 e. The maximum absolute atomic E-state index is 14.2. The summed E-state index contributed by atoms with van der Waals surface area (Å²) in [6.07, 6.45) is 5.17. The van der Waals surface area contributed by atoms with E-state index in [9.17, 15) is 79.2 Å². The number of nitrogens with one attached hydrogen (secondary N) is 5. The first kappa shape index (κ1) is 88.1. The summed E-state index contributed by atoms with van der Waals surface area (Å²) < 4.78 is 25.3. The van der Waals surface area contributed by atoms with E-state index in [1.807, 2.05) is 0 Å². The van der Waals surface area contributed by atoms with Crippen LogP contribution in [0.1, 0.15) is 115 Å². The number of aromatic hydroxyl groups is 3. The molecule has 97 heavy (non-hydrogen) atoms. The molecule has 0 aliphatic heterocycles. The average Bonchev–Trinajstić information content (AvgIpc) is 1.33. The summed E-state index contributed by atoms with van der Waals surface area (Å²) in [5.74, 6) is -6.25. The standard InChI is InChI=1S/C54H77N11O22.2C2H4O2.CH4.Gd/c1-55-41(74)10-9-35-28-65(61-60-35)20-4-2-3-8-42(75)59-54(15-6-18-57-52(82)44-47(77)37(70)12-22-63(44)31-86-33-84-26-24-66,16-7-19-58-53(83)45-48(78)38(71)13-23-64(45)32-87-34-85-27-25-67)14-5-17-56-51(81)43-46(76)36(69)11-21-62(43)29-39(72)49(79)50(80)40(73)30-68;2*3-1-2-4;;/h11-13,21-28,39-40,49-50,66-68,72-73,76-80H,2-10,14-20,29-34H2,1H3,(H,55,74)(H,56,81)(H,57,82)(H,58,83)(H,59,75);2*1-4H;1H4;/b26-24+,27-25+;2*2-1+;;. The Morgan fingerprint density at radius 1 is 0.577 bits per heavy atom. The van der Waals surface area contributed by atoms with Crippen molar-refractivity contribution in [3.8, 4) is 17.2 Å². The summed E-state index contributed by atoms with van der Waals surface area (Å²) in [7, 11) is 1.53. The van der Waals surface area contributed by atoms with Gasteiger partial charge in [0.05, 0.1) is 18.8 Å². The van der Waals surface area contributed by atoms with Gasteiger partial charge in [0, 0.05) is 141 Å². The monoisotopic (exact) mass is 1530 g/mol. The van der Waals surface area contributed by atoms with Crippen LogP contribution in [-0.2, 0) is 61.5 Å². The zero-order chi connectivity index (χ0) is 70.7. The normalized spacial score (nSPS) is 12.4. The molecule has 0 spiro atoms. The molecular weight excluding hydrogens is 1440 g/mol. The van der Waals surface area contributed by atoms with Gasteiger partial charge in [0.2, 0.25) is 28.1 Å². The van der Waals surface area contributed by atoms with Gasteiger partial charge in [-0.1, -0.05) is 19.1 Å². The Morgan fingerprint density at radius 2 is 1.00 bits per heavy atom. The van der Waals surface area contributed by atoms with Crippen molar-refractivity contribution in [2.75, 3.05) is 46.9 Å². The number of carbonyl (C=O) groups excluding carboxylic acids is 5. The molecule has 4 aromatic heterocycles. The molecule has 0 saturated heterocycles. The number of aliphatic hydroxyl groups is 11. The van der Waals surface area contributed by atoms with Gasteiger partial charge in [0.25, 0.3) is 17.7 Å². The van der Waals surface area contributed by atoms with E-state index in [4.69, 9.17) is 49.6 Å². The first-order chi connectivity index (χ1) is 45.5. The Balaban J connectivity index is 0.00000870. The van der Waals surface area contributed by atoms with Crippen molar-refractivity contribution in [3.63, 3.8) is 0 Å². The molecule has 4 atom stereocenters. The van der Waals surface area contributed by atoms with E-state index < -0.39 is 117 Å². The molecule has 0 aromatic carbocycles. The minimum atomic E-state index is -2.07. The van der Waals surface area contributed by atoms with Crippen LogP contribution in [0.3, 0.4) is 0 Å². The number of unbranched alkanes of at least 4 members (excludes halogenated alkanes) is 2. The van der Waals surface area contributed by atoms with Gasteiger partial charge in [0.15, 0.2) is 47.9 Å². The maximum Gasteiger partial charge on any atom is 0.272 e. The second kappa shape index (κ2) is 49.6. The molecule has 544 valence electrons. The number of aryl methyl sites for hydroxylation is 2. The fourth-order valence-corrected chi connectivity index (χ4v) is 8.90. The Bertz CT molecular complexity index is 3180. The van der Waals surface area contributed by atoms with E-state index in [2.05, 4.69) is 36.9 Å². The fraction of sp³-hybridized carbons (Fsp3) is 0.492. The summed E-state index contributed by atoms with van der Waals surface area (Å²) in [5.41, 5.74) is -4.97. The molecule has 0 aliphatic carbocycles. The second-order valence-electron chi connectivity index (χ2n) is 20.3. The van der Waals surface area contributed by atoms with Gasteiger partial charge in [-0.25, -0.2) is 0 Å². The van der Waals surface area contributed by atoms with Crippen LogP contribution < -0.4 is 42.9 Å². The molecule has 4 heterocycles. The summed E-state index contributed by atoms with van der Waals surface area (Å²) >= 11 is 0. The average molecular weight is 1530 g/mol. The van der Waals surface area contributed by atoms with E-state index in [-0.39, 0.29) is 151 Å². The molecule has 0 saturated carbocycles. The first-order valence-electron chi connectivity index (χ1n) is 29.2. The molecule has 38 heteroatoms. The van der Waals surface area contributed by atoms with Crippen LogP contribution in [0.5, 0.6) is 17.2 Å². The third-order valence-electron chi connectivity index (χ3n) is 13.5. The Labute approximate surface area is 587 Å². The maximum atomic E-state index is 14.2. The predicted octanol–water partition coefficient (Wildman–Crippen LogP) is -0.221. The van der Waals surface area contributed by atoms with Crippen LogP contribution in [0.15, 0.2) is 107 Å². The number of amides is 5. The molecule has 37 nitrogen and oxygen atoms in total. The summed E-state index contributed by atoms with van der Waals surface area (Å²) in [6.45, 7) is -3.26. The molecule has 4 unspecified atom stereocenters. The van der Waals surface area contributed by atoms with Crippen molar-refractivity contribution in [2.24, 2.45) is 0 Å². The second-order valence-corrected chi connectivity index (χ2v) is 20.3. The minimum absolute atomic E-state index is 0. The van der Waals surface area contributed by atoms with E-state index in [1.165, 1.54) is 19.4 Å². The van der Waals surface area contributed by atoms with Crippen molar-refractivity contribution < 1.29 is 154 Å². The van der Waals surface area contributed by atoms with E-state index >= 15 is 0 Å². The van der Waals surface area contributed by atoms with Crippen LogP contribution in [0.2, 0.25) is 0 Å². The van der Waals surface area contributed by atoms with Crippen molar-refractivity contribution in [2.45, 2.75) is 141 Å². The Morgan fingerprint density at radius 3 is 1.41 bits per heavy atom. The van der Waals surface area contributed by atoms with Gasteiger partial charge in [-0.15, -0.1) is 5.10 Å². The summed E-state index contributed by atoms with van der Waals surface area (Å²) in [6, 6.07) is 2.87. The number of nitrogens with zero attached hydrogens (tertiary/aromatic N) is 6. The van der Waals surface area contributed by atoms with Crippen molar-refractivity contribution in [1.82, 2.24) is 55.3 Å². The minimum Gasteiger partial charge on any atom is -0.512 e. The number of ether oxygens (including phenoxy) is 4. The zero-order valence-electron chi connectivity index (χ0n) is 52.2. The molecule has 0 radical (unpaired) electrons. The van der Waals surface area contributed by atoms with Gasteiger partial charge in [-0.3, -0.25) is 43.0 Å². The quantitative estimate of drug-likeness (QED) is 0.0155. The fourth-order valence-electron chi connectivity index (χ4n) is 8.90. The van der Waals surface area contributed by atoms with E-state index in [1.54, 1.807) is 10.9 Å². The molecular formula is C59H89GdN11O26. The summed E-state index contributed by atoms with van der Waals surface area (Å²) in [5, 5.41) is 152. The number of pyridine rings is 3. The van der Waals surface area contributed by atoms with Crippen molar-refractivity contribution >= 4 is 29.5 Å². The van der Waals surface area contributed by atoms with Crippen LogP contribution in [0, 0.1) is 39.9 Å². The zero-order valence-corrected chi connectivity index (χ0v) is 54.5. The van der Waals surface area contributed by atoms with Crippen molar-refractivity contribution in [1.29, 1.82) is 0 Å². The Hall–Kier alpha value is -8.86. The molecule has 5 amide bonds. The number of hydrogen-bond acceptors (Lipinski definition) is 28. The van der Waals surface area contributed by atoms with E-state index in [0.717, 1.165) is 50.6 Å². The molecule has 4 rings (SSSR count). The third kappa shape index (κ3) is 31.7. The molecule has 0 bridgehead atoms. The number of rotatable bonds is 41. The van der Waals surface area contributed by atoms with Crippen LogP contribution >= 0.6 is 0 Å². The molecule has 19 N–H and O–H groups in total. The third-order valence-corrected chi connectivity index (χ3v) is 13.5. The topological polar surface area (TPSA) is 562 Å². The number of aliphatic hydroxyl groups excluding tert-OH is 11. The molecule has 4 aromatic rings. The van der Waals surface area contributed by atoms with Gasteiger partial charge < -0.3 is 131 Å². The predicted molar refractivity (Wildman–Crippen MR) is 338 cm³/mol. The SMILES string of the molecule is C.CNC(=O)CCc1cn(CCCCCC(=O)NC(CCCNC(=O)c2c(O)c(=O)ccn2COCO/C=C/O)(CCCNC(=O)c2c(O)c(=O)ccn2COCO/C=C/O)CCCNC(=O)c2c(O)c(=O)ccn2CC(O)C(O)C(O)C(O)CO)nn1.O/C=C/O.O/C=C/O.[Gd]. The van der Waals surface area contributed by atoms with Crippen LogP contribution in [0.4, 0.5) is 0 Å². The van der Waals surface area contributed by atoms with Crippen LogP contribution in [-0.4, -0.2) is 207 Å². The largest absolute Gasteiger partial charge is 0.512 e. The molecule has 0 aliphatic rings. The van der Waals surface area contributed by atoms with Gasteiger partial charge >= 0.3 is 0 Å². The Kier molecular flexibility index (Phi) is 45.1. The number of carbonyl (C=O) groups is 5. The molecule has 0 fully saturated rings. The number of aromatic nitrogens is 6. The van der Waals surface area contributed by atoms with Gasteiger partial charge in [-0.2, -0.15) is 0 Å². The van der Waals surface area contributed by atoms with Crippen LogP contribution in [0.25, 0.3) is 0 Å². The number of hydrogen-bond donors (Lipinski definition) is 19. The van der Waals surface area contributed by atoms with Crippen molar-refractivity contribution in [3.05, 3.63) is 147 Å². The van der Waals surface area contributed by atoms with Gasteiger partial charge in [0.1, 0.15) is 88.0 Å². The van der Waals surface area contributed by atoms with Gasteiger partial charge in [-0.05, 0) is 51.4 Å². The summed E-state index contributed by atoms with van der Waals surface area (Å²) in [4.78, 5) is 105. The first-order valence-corrected chi connectivity index (χ1v) is 29.2.